The summed E-state index contributed by atoms with van der Waals surface area (Å²) >= 11 is 1.18. The predicted octanol–water partition coefficient (Wildman–Crippen LogP) is 3.66. The molecular weight excluding hydrogens is 280 g/mol. The topological polar surface area (TPSA) is 38.9 Å². The van der Waals surface area contributed by atoms with E-state index in [4.69, 9.17) is 5.73 Å². The number of nitrogens with zero attached hydrogens (tertiary/aromatic N) is 1. The monoisotopic (exact) mass is 290 g/mol. The van der Waals surface area contributed by atoms with Crippen molar-refractivity contribution in [2.24, 2.45) is 5.73 Å². The molecule has 2 N–H and O–H groups in total. The molecule has 2 aromatic rings. The molecule has 2 nitrogen and oxygen atoms in total. The third-order valence-corrected chi connectivity index (χ3v) is 3.60. The first-order valence-electron chi connectivity index (χ1n) is 5.33. The van der Waals surface area contributed by atoms with Crippen LogP contribution in [0.5, 0.6) is 0 Å². The van der Waals surface area contributed by atoms with Crippen LogP contribution in [0, 0.1) is 12.7 Å². The molecule has 1 aromatic heterocycles. The molecule has 1 heterocycles. The van der Waals surface area contributed by atoms with Crippen LogP contribution in [0.25, 0.3) is 0 Å². The Morgan fingerprint density at radius 1 is 1.32 bits per heavy atom. The van der Waals surface area contributed by atoms with E-state index in [2.05, 4.69) is 4.98 Å². The van der Waals surface area contributed by atoms with E-state index in [0.29, 0.717) is 16.8 Å². The molecule has 0 saturated heterocycles. The molecule has 7 heteroatoms. The Labute approximate surface area is 110 Å². The number of hydrogen-bond donors (Lipinski definition) is 1. The number of hydrogen-bond acceptors (Lipinski definition) is 3. The van der Waals surface area contributed by atoms with Crippen molar-refractivity contribution in [2.75, 3.05) is 0 Å². The lowest BCUT2D eigenvalue weighted by atomic mass is 10.0. The number of thiazole rings is 1. The van der Waals surface area contributed by atoms with Crippen LogP contribution in [0.1, 0.15) is 27.9 Å². The van der Waals surface area contributed by atoms with Crippen LogP contribution in [0.4, 0.5) is 17.6 Å². The highest BCUT2D eigenvalue weighted by Gasteiger charge is 2.35. The number of aryl methyl sites for hydroxylation is 1. The summed E-state index contributed by atoms with van der Waals surface area (Å²) in [5.74, 6) is -0.946. The van der Waals surface area contributed by atoms with E-state index in [1.165, 1.54) is 11.3 Å². The van der Waals surface area contributed by atoms with Gasteiger partial charge in [-0.15, -0.1) is 11.3 Å². The molecule has 0 saturated carbocycles. The molecule has 102 valence electrons. The second-order valence-corrected chi connectivity index (χ2v) is 4.92. The Morgan fingerprint density at radius 3 is 2.53 bits per heavy atom. The second-order valence-electron chi connectivity index (χ2n) is 4.03. The van der Waals surface area contributed by atoms with E-state index < -0.39 is 23.6 Å². The summed E-state index contributed by atoms with van der Waals surface area (Å²) in [5.41, 5.74) is 5.25. The number of alkyl halides is 3. The molecule has 2 rings (SSSR count). The van der Waals surface area contributed by atoms with Crippen LogP contribution in [-0.2, 0) is 6.18 Å². The standard InChI is InChI=1S/C12H10F4N2S/c1-6-5-19-11(18-6)10(17)8-3-2-7(13)4-9(8)12(14,15)16/h2-5,10H,17H2,1H3. The van der Waals surface area contributed by atoms with Crippen molar-refractivity contribution in [3.8, 4) is 0 Å². The molecule has 0 fully saturated rings. The molecule has 1 aromatic carbocycles. The molecule has 0 aliphatic carbocycles. The number of halogens is 4. The first-order chi connectivity index (χ1) is 8.79. The van der Waals surface area contributed by atoms with Crippen molar-refractivity contribution >= 4 is 11.3 Å². The number of nitrogens with two attached hydrogens (primary N) is 1. The van der Waals surface area contributed by atoms with Crippen molar-refractivity contribution in [3.63, 3.8) is 0 Å². The fourth-order valence-electron chi connectivity index (χ4n) is 1.69. The van der Waals surface area contributed by atoms with E-state index in [1.54, 1.807) is 12.3 Å². The summed E-state index contributed by atoms with van der Waals surface area (Å²) in [6, 6.07) is 1.45. The number of aromatic nitrogens is 1. The Hall–Kier alpha value is -1.47. The van der Waals surface area contributed by atoms with Gasteiger partial charge in [-0.25, -0.2) is 9.37 Å². The predicted molar refractivity (Wildman–Crippen MR) is 64.3 cm³/mol. The van der Waals surface area contributed by atoms with Gasteiger partial charge in [0, 0.05) is 11.1 Å². The van der Waals surface area contributed by atoms with Crippen LogP contribution >= 0.6 is 11.3 Å². The molecule has 0 amide bonds. The molecule has 0 aliphatic heterocycles. The van der Waals surface area contributed by atoms with Crippen LogP contribution in [0.2, 0.25) is 0 Å². The largest absolute Gasteiger partial charge is 0.416 e. The van der Waals surface area contributed by atoms with E-state index >= 15 is 0 Å². The maximum atomic E-state index is 13.0. The number of rotatable bonds is 2. The normalized spacial score (nSPS) is 13.6. The van der Waals surface area contributed by atoms with Crippen molar-refractivity contribution in [1.82, 2.24) is 4.98 Å². The van der Waals surface area contributed by atoms with Gasteiger partial charge in [-0.2, -0.15) is 13.2 Å². The smallest absolute Gasteiger partial charge is 0.318 e. The molecular formula is C12H10F4N2S. The van der Waals surface area contributed by atoms with E-state index in [0.717, 1.165) is 12.1 Å². The fraction of sp³-hybridized carbons (Fsp3) is 0.250. The zero-order valence-electron chi connectivity index (χ0n) is 9.83. The quantitative estimate of drug-likeness (QED) is 0.857. The summed E-state index contributed by atoms with van der Waals surface area (Å²) in [4.78, 5) is 4.07. The molecule has 0 spiro atoms. The Balaban J connectivity index is 2.50. The van der Waals surface area contributed by atoms with Crippen molar-refractivity contribution in [2.45, 2.75) is 19.1 Å². The minimum atomic E-state index is -4.65. The minimum absolute atomic E-state index is 0.178. The van der Waals surface area contributed by atoms with E-state index in [9.17, 15) is 17.6 Å². The second kappa shape index (κ2) is 4.90. The zero-order chi connectivity index (χ0) is 14.2. The van der Waals surface area contributed by atoms with E-state index in [-0.39, 0.29) is 5.56 Å². The van der Waals surface area contributed by atoms with Crippen LogP contribution in [-0.4, -0.2) is 4.98 Å². The fourth-order valence-corrected chi connectivity index (χ4v) is 2.51. The highest BCUT2D eigenvalue weighted by molar-refractivity contribution is 7.09. The third-order valence-electron chi connectivity index (χ3n) is 2.56. The van der Waals surface area contributed by atoms with Crippen molar-refractivity contribution in [1.29, 1.82) is 0 Å². The Morgan fingerprint density at radius 2 is 2.00 bits per heavy atom. The average Bonchev–Trinajstić information content (AvgIpc) is 2.74. The van der Waals surface area contributed by atoms with Gasteiger partial charge in [0.25, 0.3) is 0 Å². The lowest BCUT2D eigenvalue weighted by Gasteiger charge is -2.16. The van der Waals surface area contributed by atoms with Crippen LogP contribution < -0.4 is 5.73 Å². The molecule has 0 radical (unpaired) electrons. The van der Waals surface area contributed by atoms with Gasteiger partial charge in [0.15, 0.2) is 0 Å². The van der Waals surface area contributed by atoms with Crippen molar-refractivity contribution < 1.29 is 17.6 Å². The van der Waals surface area contributed by atoms with Gasteiger partial charge in [0.1, 0.15) is 10.8 Å². The van der Waals surface area contributed by atoms with Gasteiger partial charge in [0.2, 0.25) is 0 Å². The summed E-state index contributed by atoms with van der Waals surface area (Å²) in [5, 5.41) is 2.07. The van der Waals surface area contributed by atoms with Gasteiger partial charge in [-0.3, -0.25) is 0 Å². The van der Waals surface area contributed by atoms with Gasteiger partial charge >= 0.3 is 6.18 Å². The lowest BCUT2D eigenvalue weighted by Crippen LogP contribution is -2.18. The third kappa shape index (κ3) is 2.93. The van der Waals surface area contributed by atoms with Crippen LogP contribution in [0.3, 0.4) is 0 Å². The summed E-state index contributed by atoms with van der Waals surface area (Å²) in [6.45, 7) is 1.72. The number of benzene rings is 1. The highest BCUT2D eigenvalue weighted by Crippen LogP contribution is 2.36. The average molecular weight is 290 g/mol. The van der Waals surface area contributed by atoms with Crippen LogP contribution in [0.15, 0.2) is 23.6 Å². The lowest BCUT2D eigenvalue weighted by molar-refractivity contribution is -0.138. The first kappa shape index (κ1) is 14.0. The van der Waals surface area contributed by atoms with Crippen molar-refractivity contribution in [3.05, 3.63) is 51.2 Å². The molecule has 19 heavy (non-hydrogen) atoms. The maximum Gasteiger partial charge on any atom is 0.416 e. The SMILES string of the molecule is Cc1csc(C(N)c2ccc(F)cc2C(F)(F)F)n1. The zero-order valence-corrected chi connectivity index (χ0v) is 10.6. The van der Waals surface area contributed by atoms with E-state index in [1.807, 2.05) is 0 Å². The van der Waals surface area contributed by atoms with Gasteiger partial charge < -0.3 is 5.73 Å². The Bertz CT molecular complexity index is 592. The molecule has 1 atom stereocenters. The molecule has 1 unspecified atom stereocenters. The minimum Gasteiger partial charge on any atom is -0.318 e. The van der Waals surface area contributed by atoms with Gasteiger partial charge in [-0.1, -0.05) is 6.07 Å². The van der Waals surface area contributed by atoms with Gasteiger partial charge in [-0.05, 0) is 24.6 Å². The maximum absolute atomic E-state index is 13.0. The highest BCUT2D eigenvalue weighted by atomic mass is 32.1. The summed E-state index contributed by atoms with van der Waals surface area (Å²) in [6.07, 6.45) is -4.65. The summed E-state index contributed by atoms with van der Waals surface area (Å²) in [7, 11) is 0. The molecule has 0 aliphatic rings. The first-order valence-corrected chi connectivity index (χ1v) is 6.21. The summed E-state index contributed by atoms with van der Waals surface area (Å²) < 4.78 is 51.6. The Kier molecular flexibility index (Phi) is 3.60. The molecule has 0 bridgehead atoms. The van der Waals surface area contributed by atoms with Gasteiger partial charge in [0.05, 0.1) is 11.6 Å².